The van der Waals surface area contributed by atoms with Crippen LogP contribution in [-0.2, 0) is 14.3 Å². The summed E-state index contributed by atoms with van der Waals surface area (Å²) in [6.07, 6.45) is 22.0. The third-order valence-electron chi connectivity index (χ3n) is 6.49. The fraction of sp³-hybridized carbons (Fsp3) is 0.889. The van der Waals surface area contributed by atoms with Crippen molar-refractivity contribution in [3.05, 3.63) is 12.2 Å². The molecule has 33 heavy (non-hydrogen) atoms. The van der Waals surface area contributed by atoms with Gasteiger partial charge in [-0.15, -0.1) is 0 Å². The number of unbranched alkanes of at least 4 members (excludes halogenated alkanes) is 16. The SMILES string of the molecule is C[C@@H]1O[C@@H](OCCCCCCCCCCCCCCCCCC/C=C/C(=O)[O-])[C@H](O)C[C@H]1O. The molecule has 0 amide bonds. The van der Waals surface area contributed by atoms with E-state index in [1.165, 1.54) is 83.5 Å². The number of hydrogen-bond donors (Lipinski definition) is 2. The fourth-order valence-electron chi connectivity index (χ4n) is 4.31. The Morgan fingerprint density at radius 1 is 0.818 bits per heavy atom. The molecule has 1 fully saturated rings. The highest BCUT2D eigenvalue weighted by molar-refractivity contribution is 5.77. The highest BCUT2D eigenvalue weighted by Crippen LogP contribution is 2.21. The zero-order valence-electron chi connectivity index (χ0n) is 20.9. The Morgan fingerprint density at radius 3 is 1.76 bits per heavy atom. The van der Waals surface area contributed by atoms with E-state index in [2.05, 4.69) is 0 Å². The molecule has 0 aromatic heterocycles. The second kappa shape index (κ2) is 20.4. The van der Waals surface area contributed by atoms with E-state index in [0.717, 1.165) is 31.8 Å². The van der Waals surface area contributed by atoms with E-state index in [1.54, 1.807) is 6.08 Å². The number of aliphatic hydroxyl groups excluding tert-OH is 2. The average molecular weight is 470 g/mol. The molecule has 1 aliphatic rings. The van der Waals surface area contributed by atoms with Gasteiger partial charge in [0, 0.05) is 13.0 Å². The quantitative estimate of drug-likeness (QED) is 0.185. The lowest BCUT2D eigenvalue weighted by molar-refractivity contribution is -0.297. The highest BCUT2D eigenvalue weighted by atomic mass is 16.7. The van der Waals surface area contributed by atoms with E-state index >= 15 is 0 Å². The first kappa shape index (κ1) is 30.1. The first-order valence-electron chi connectivity index (χ1n) is 13.5. The smallest absolute Gasteiger partial charge is 0.183 e. The predicted octanol–water partition coefficient (Wildman–Crippen LogP) is 4.80. The van der Waals surface area contributed by atoms with Crippen LogP contribution in [0.4, 0.5) is 0 Å². The van der Waals surface area contributed by atoms with Crippen LogP contribution < -0.4 is 5.11 Å². The summed E-state index contributed by atoms with van der Waals surface area (Å²) in [6, 6.07) is 0. The van der Waals surface area contributed by atoms with Crippen LogP contribution >= 0.6 is 0 Å². The number of carbonyl (C=O) groups excluding carboxylic acids is 1. The summed E-state index contributed by atoms with van der Waals surface area (Å²) in [5, 5.41) is 29.8. The third kappa shape index (κ3) is 17.2. The van der Waals surface area contributed by atoms with Gasteiger partial charge in [0.2, 0.25) is 0 Å². The van der Waals surface area contributed by atoms with E-state index < -0.39 is 24.5 Å². The standard InChI is InChI=1S/C27H50O6/c1-23-24(28)22-25(29)27(33-23)32-21-19-17-15-13-11-9-7-5-3-2-4-6-8-10-12-14-16-18-20-26(30)31/h18,20,23-25,27-29H,2-17,19,21-22H2,1H3,(H,30,31)/p-1/b20-18+/t23-,24+,25+,27+/m0/s1. The van der Waals surface area contributed by atoms with Crippen molar-refractivity contribution in [1.29, 1.82) is 0 Å². The summed E-state index contributed by atoms with van der Waals surface area (Å²) < 4.78 is 11.2. The number of aliphatic hydroxyl groups is 2. The molecule has 0 bridgehead atoms. The van der Waals surface area contributed by atoms with Gasteiger partial charge in [-0.25, -0.2) is 0 Å². The Kier molecular flexibility index (Phi) is 18.6. The van der Waals surface area contributed by atoms with Gasteiger partial charge in [-0.3, -0.25) is 0 Å². The second-order valence-electron chi connectivity index (χ2n) is 9.62. The van der Waals surface area contributed by atoms with Crippen LogP contribution in [0.3, 0.4) is 0 Å². The largest absolute Gasteiger partial charge is 0.545 e. The Morgan fingerprint density at radius 2 is 1.27 bits per heavy atom. The minimum absolute atomic E-state index is 0.283. The van der Waals surface area contributed by atoms with Gasteiger partial charge in [0.1, 0.15) is 6.10 Å². The molecule has 0 spiro atoms. The summed E-state index contributed by atoms with van der Waals surface area (Å²) in [6.45, 7) is 2.41. The minimum Gasteiger partial charge on any atom is -0.545 e. The zero-order valence-corrected chi connectivity index (χ0v) is 20.9. The lowest BCUT2D eigenvalue weighted by Crippen LogP contribution is -2.47. The molecule has 194 valence electrons. The lowest BCUT2D eigenvalue weighted by Gasteiger charge is -2.35. The van der Waals surface area contributed by atoms with E-state index in [0.29, 0.717) is 13.0 Å². The highest BCUT2D eigenvalue weighted by Gasteiger charge is 2.34. The molecule has 0 aromatic rings. The van der Waals surface area contributed by atoms with Crippen LogP contribution in [0.15, 0.2) is 12.2 Å². The molecule has 0 saturated carbocycles. The van der Waals surface area contributed by atoms with Gasteiger partial charge in [0.25, 0.3) is 0 Å². The fourth-order valence-corrected chi connectivity index (χ4v) is 4.31. The van der Waals surface area contributed by atoms with Crippen molar-refractivity contribution >= 4 is 5.97 Å². The molecule has 6 nitrogen and oxygen atoms in total. The van der Waals surface area contributed by atoms with Gasteiger partial charge < -0.3 is 29.6 Å². The Hall–Kier alpha value is -0.950. The maximum absolute atomic E-state index is 10.2. The second-order valence-corrected chi connectivity index (χ2v) is 9.62. The molecule has 2 N–H and O–H groups in total. The molecule has 0 aliphatic carbocycles. The molecule has 4 atom stereocenters. The van der Waals surface area contributed by atoms with Crippen LogP contribution in [0, 0.1) is 0 Å². The van der Waals surface area contributed by atoms with Gasteiger partial charge in [-0.2, -0.15) is 0 Å². The van der Waals surface area contributed by atoms with Crippen LogP contribution in [0.5, 0.6) is 0 Å². The number of carboxylic acid groups (broad SMARTS) is 1. The molecule has 0 radical (unpaired) electrons. The van der Waals surface area contributed by atoms with Crippen molar-refractivity contribution in [2.75, 3.05) is 6.61 Å². The number of carboxylic acids is 1. The van der Waals surface area contributed by atoms with Crippen molar-refractivity contribution in [1.82, 2.24) is 0 Å². The molecule has 0 unspecified atom stereocenters. The van der Waals surface area contributed by atoms with Crippen LogP contribution in [-0.4, -0.2) is 47.4 Å². The molecule has 1 aliphatic heterocycles. The van der Waals surface area contributed by atoms with Gasteiger partial charge in [-0.1, -0.05) is 96.0 Å². The molecular formula is C27H49O6-. The van der Waals surface area contributed by atoms with Crippen molar-refractivity contribution < 1.29 is 29.6 Å². The molecule has 1 heterocycles. The van der Waals surface area contributed by atoms with Crippen molar-refractivity contribution in [3.8, 4) is 0 Å². The number of allylic oxidation sites excluding steroid dienone is 1. The normalized spacial score (nSPS) is 23.4. The molecule has 0 aromatic carbocycles. The minimum atomic E-state index is -1.10. The van der Waals surface area contributed by atoms with Crippen molar-refractivity contribution in [2.24, 2.45) is 0 Å². The molecular weight excluding hydrogens is 420 g/mol. The van der Waals surface area contributed by atoms with Gasteiger partial charge >= 0.3 is 0 Å². The topological polar surface area (TPSA) is 99.1 Å². The number of ether oxygens (including phenoxy) is 2. The van der Waals surface area contributed by atoms with Crippen LogP contribution in [0.2, 0.25) is 0 Å². The van der Waals surface area contributed by atoms with Crippen LogP contribution in [0.1, 0.15) is 122 Å². The Bertz CT molecular complexity index is 495. The zero-order chi connectivity index (χ0) is 24.2. The summed E-state index contributed by atoms with van der Waals surface area (Å²) in [4.78, 5) is 10.2. The maximum Gasteiger partial charge on any atom is 0.183 e. The summed E-state index contributed by atoms with van der Waals surface area (Å²) in [7, 11) is 0. The Balaban J connectivity index is 1.73. The molecule has 6 heteroatoms. The Labute approximate surface area is 201 Å². The maximum atomic E-state index is 10.2. The van der Waals surface area contributed by atoms with Gasteiger partial charge in [-0.05, 0) is 32.3 Å². The van der Waals surface area contributed by atoms with Gasteiger partial charge in [0.05, 0.1) is 18.2 Å². The number of hydrogen-bond acceptors (Lipinski definition) is 6. The number of carbonyl (C=O) groups is 1. The first-order chi connectivity index (χ1) is 16.0. The van der Waals surface area contributed by atoms with E-state index in [9.17, 15) is 20.1 Å². The monoisotopic (exact) mass is 469 g/mol. The summed E-state index contributed by atoms with van der Waals surface area (Å²) >= 11 is 0. The predicted molar refractivity (Wildman–Crippen MR) is 130 cm³/mol. The molecule has 1 rings (SSSR count). The average Bonchev–Trinajstić information content (AvgIpc) is 2.77. The summed E-state index contributed by atoms with van der Waals surface area (Å²) in [5.41, 5.74) is 0. The number of rotatable bonds is 21. The number of aliphatic carboxylic acids is 1. The third-order valence-corrected chi connectivity index (χ3v) is 6.49. The summed E-state index contributed by atoms with van der Waals surface area (Å²) in [5.74, 6) is -1.10. The van der Waals surface area contributed by atoms with Gasteiger partial charge in [0.15, 0.2) is 6.29 Å². The lowest BCUT2D eigenvalue weighted by atomic mass is 10.0. The van der Waals surface area contributed by atoms with E-state index in [4.69, 9.17) is 9.47 Å². The van der Waals surface area contributed by atoms with Crippen LogP contribution in [0.25, 0.3) is 0 Å². The van der Waals surface area contributed by atoms with Crippen molar-refractivity contribution in [2.45, 2.75) is 147 Å². The first-order valence-corrected chi connectivity index (χ1v) is 13.5. The molecule has 1 saturated heterocycles. The van der Waals surface area contributed by atoms with E-state index in [1.807, 2.05) is 6.92 Å². The van der Waals surface area contributed by atoms with Crippen molar-refractivity contribution in [3.63, 3.8) is 0 Å². The van der Waals surface area contributed by atoms with E-state index in [-0.39, 0.29) is 6.10 Å².